The molecule has 0 saturated heterocycles. The molecule has 0 spiro atoms. The summed E-state index contributed by atoms with van der Waals surface area (Å²) in [5.41, 5.74) is 0.396. The van der Waals surface area contributed by atoms with Gasteiger partial charge < -0.3 is 5.11 Å². The van der Waals surface area contributed by atoms with Crippen molar-refractivity contribution in [2.75, 3.05) is 0 Å². The highest BCUT2D eigenvalue weighted by molar-refractivity contribution is 5.84. The summed E-state index contributed by atoms with van der Waals surface area (Å²) in [4.78, 5) is 10.0. The van der Waals surface area contributed by atoms with E-state index in [9.17, 15) is 9.18 Å². The van der Waals surface area contributed by atoms with Crippen LogP contribution >= 0.6 is 0 Å². The Kier molecular flexibility index (Phi) is 1.74. The van der Waals surface area contributed by atoms with E-state index in [-0.39, 0.29) is 5.92 Å². The summed E-state index contributed by atoms with van der Waals surface area (Å²) in [6, 6.07) is 0. The molecule has 56 valence electrons. The van der Waals surface area contributed by atoms with E-state index in [1.807, 2.05) is 0 Å². The van der Waals surface area contributed by atoms with E-state index in [0.29, 0.717) is 5.57 Å². The average Bonchev–Trinajstić information content (AvgIpc) is 2.65. The molecule has 1 aliphatic carbocycles. The summed E-state index contributed by atoms with van der Waals surface area (Å²) < 4.78 is 12.5. The number of allylic oxidation sites excluding steroid dienone is 1. The van der Waals surface area contributed by atoms with E-state index in [2.05, 4.69) is 0 Å². The van der Waals surface area contributed by atoms with Crippen LogP contribution in [0.5, 0.6) is 0 Å². The molecule has 0 aromatic heterocycles. The number of carboxylic acids is 1. The van der Waals surface area contributed by atoms with E-state index < -0.39 is 11.8 Å². The van der Waals surface area contributed by atoms with Gasteiger partial charge in [-0.1, -0.05) is 0 Å². The lowest BCUT2D eigenvalue weighted by molar-refractivity contribution is -0.134. The Bertz CT molecular complexity index is 192. The van der Waals surface area contributed by atoms with Gasteiger partial charge in [-0.05, 0) is 31.3 Å². The fraction of sp³-hybridized carbons (Fsp3) is 0.571. The van der Waals surface area contributed by atoms with E-state index in [1.165, 1.54) is 0 Å². The van der Waals surface area contributed by atoms with Crippen LogP contribution in [-0.4, -0.2) is 11.1 Å². The number of hydrogen-bond donors (Lipinski definition) is 1. The van der Waals surface area contributed by atoms with Gasteiger partial charge in [-0.3, -0.25) is 0 Å². The highest BCUT2D eigenvalue weighted by Gasteiger charge is 2.27. The van der Waals surface area contributed by atoms with Crippen LogP contribution in [0.4, 0.5) is 4.39 Å². The molecule has 1 saturated carbocycles. The average molecular weight is 144 g/mol. The van der Waals surface area contributed by atoms with Crippen LogP contribution in [0.1, 0.15) is 19.8 Å². The topological polar surface area (TPSA) is 37.3 Å². The Balaban J connectivity index is 2.71. The van der Waals surface area contributed by atoms with Crippen LogP contribution in [0.25, 0.3) is 0 Å². The summed E-state index contributed by atoms with van der Waals surface area (Å²) >= 11 is 0. The Morgan fingerprint density at radius 3 is 2.40 bits per heavy atom. The van der Waals surface area contributed by atoms with Gasteiger partial charge in [0.2, 0.25) is 5.83 Å². The van der Waals surface area contributed by atoms with E-state index >= 15 is 0 Å². The first-order valence-electron chi connectivity index (χ1n) is 3.22. The second kappa shape index (κ2) is 2.40. The smallest absolute Gasteiger partial charge is 0.364 e. The van der Waals surface area contributed by atoms with Gasteiger partial charge in [-0.15, -0.1) is 0 Å². The third kappa shape index (κ3) is 1.35. The molecule has 3 heteroatoms. The van der Waals surface area contributed by atoms with Crippen molar-refractivity contribution in [1.29, 1.82) is 0 Å². The van der Waals surface area contributed by atoms with Crippen molar-refractivity contribution in [3.63, 3.8) is 0 Å². The third-order valence-corrected chi connectivity index (χ3v) is 1.72. The highest BCUT2D eigenvalue weighted by atomic mass is 19.1. The van der Waals surface area contributed by atoms with Gasteiger partial charge in [0.1, 0.15) is 0 Å². The molecule has 1 rings (SSSR count). The first-order valence-corrected chi connectivity index (χ1v) is 3.22. The first-order chi connectivity index (χ1) is 4.63. The molecule has 1 N–H and O–H groups in total. The molecule has 2 nitrogen and oxygen atoms in total. The molecule has 10 heavy (non-hydrogen) atoms. The summed E-state index contributed by atoms with van der Waals surface area (Å²) in [6.07, 6.45) is 1.87. The Morgan fingerprint density at radius 2 is 2.10 bits per heavy atom. The molecule has 1 fully saturated rings. The van der Waals surface area contributed by atoms with Crippen molar-refractivity contribution in [2.24, 2.45) is 5.92 Å². The zero-order valence-corrected chi connectivity index (χ0v) is 5.72. The molecule has 0 radical (unpaired) electrons. The molecular weight excluding hydrogens is 135 g/mol. The molecule has 0 heterocycles. The van der Waals surface area contributed by atoms with Gasteiger partial charge in [0.05, 0.1) is 0 Å². The summed E-state index contributed by atoms with van der Waals surface area (Å²) in [5.74, 6) is -2.21. The van der Waals surface area contributed by atoms with Gasteiger partial charge in [0, 0.05) is 0 Å². The number of hydrogen-bond acceptors (Lipinski definition) is 1. The molecule has 0 aromatic rings. The minimum atomic E-state index is -1.44. The van der Waals surface area contributed by atoms with Crippen LogP contribution in [0.2, 0.25) is 0 Å². The fourth-order valence-electron chi connectivity index (χ4n) is 0.864. The van der Waals surface area contributed by atoms with E-state index in [0.717, 1.165) is 12.8 Å². The minimum absolute atomic E-state index is 0.205. The standard InChI is InChI=1S/C7H9FO2/c1-4(5-2-3-5)6(8)7(9)10/h5H,2-3H2,1H3,(H,9,10)/b6-4+. The molecule has 0 atom stereocenters. The number of carboxylic acid groups (broad SMARTS) is 1. The maximum atomic E-state index is 12.5. The van der Waals surface area contributed by atoms with Crippen LogP contribution in [0, 0.1) is 5.92 Å². The number of rotatable bonds is 2. The molecule has 0 aliphatic heterocycles. The second-order valence-electron chi connectivity index (χ2n) is 2.58. The van der Waals surface area contributed by atoms with Crippen LogP contribution in [0.15, 0.2) is 11.4 Å². The zero-order valence-electron chi connectivity index (χ0n) is 5.72. The van der Waals surface area contributed by atoms with Crippen LogP contribution in [0.3, 0.4) is 0 Å². The molecule has 0 bridgehead atoms. The Hall–Kier alpha value is -0.860. The maximum absolute atomic E-state index is 12.5. The van der Waals surface area contributed by atoms with Gasteiger partial charge in [0.15, 0.2) is 0 Å². The lowest BCUT2D eigenvalue weighted by Crippen LogP contribution is -1.98. The highest BCUT2D eigenvalue weighted by Crippen LogP contribution is 2.37. The maximum Gasteiger partial charge on any atom is 0.364 e. The summed E-state index contributed by atoms with van der Waals surface area (Å²) in [5, 5.41) is 8.20. The van der Waals surface area contributed by atoms with Crippen molar-refractivity contribution in [3.05, 3.63) is 11.4 Å². The van der Waals surface area contributed by atoms with Crippen LogP contribution < -0.4 is 0 Å². The number of carbonyl (C=O) groups is 1. The quantitative estimate of drug-likeness (QED) is 0.599. The predicted molar refractivity (Wildman–Crippen MR) is 34.2 cm³/mol. The van der Waals surface area contributed by atoms with Gasteiger partial charge >= 0.3 is 5.97 Å². The zero-order chi connectivity index (χ0) is 7.72. The van der Waals surface area contributed by atoms with E-state index in [4.69, 9.17) is 5.11 Å². The molecular formula is C7H9FO2. The summed E-state index contributed by atoms with van der Waals surface area (Å²) in [6.45, 7) is 1.54. The molecule has 0 aromatic carbocycles. The van der Waals surface area contributed by atoms with Crippen molar-refractivity contribution in [3.8, 4) is 0 Å². The number of halogens is 1. The third-order valence-electron chi connectivity index (χ3n) is 1.72. The van der Waals surface area contributed by atoms with E-state index in [1.54, 1.807) is 6.92 Å². The fourth-order valence-corrected chi connectivity index (χ4v) is 0.864. The van der Waals surface area contributed by atoms with Gasteiger partial charge in [-0.25, -0.2) is 4.79 Å². The largest absolute Gasteiger partial charge is 0.476 e. The SMILES string of the molecule is C/C(=C(\F)C(=O)O)C1CC1. The number of aliphatic carboxylic acids is 1. The lowest BCUT2D eigenvalue weighted by Gasteiger charge is -1.95. The van der Waals surface area contributed by atoms with Crippen LogP contribution in [-0.2, 0) is 4.79 Å². The predicted octanol–water partition coefficient (Wildman–Crippen LogP) is 1.72. The van der Waals surface area contributed by atoms with Crippen molar-refractivity contribution in [1.82, 2.24) is 0 Å². The molecule has 0 unspecified atom stereocenters. The lowest BCUT2D eigenvalue weighted by atomic mass is 10.2. The first kappa shape index (κ1) is 7.25. The molecule has 1 aliphatic rings. The minimum Gasteiger partial charge on any atom is -0.476 e. The monoisotopic (exact) mass is 144 g/mol. The summed E-state index contributed by atoms with van der Waals surface area (Å²) in [7, 11) is 0. The Morgan fingerprint density at radius 1 is 1.60 bits per heavy atom. The normalized spacial score (nSPS) is 20.2. The van der Waals surface area contributed by atoms with Crippen molar-refractivity contribution in [2.45, 2.75) is 19.8 Å². The second-order valence-corrected chi connectivity index (χ2v) is 2.58. The van der Waals surface area contributed by atoms with Crippen molar-refractivity contribution >= 4 is 5.97 Å². The van der Waals surface area contributed by atoms with Crippen molar-refractivity contribution < 1.29 is 14.3 Å². The van der Waals surface area contributed by atoms with Gasteiger partial charge in [-0.2, -0.15) is 4.39 Å². The molecule has 0 amide bonds. The van der Waals surface area contributed by atoms with Gasteiger partial charge in [0.25, 0.3) is 0 Å². The Labute approximate surface area is 58.4 Å².